The molecule has 50 heavy (non-hydrogen) atoms. The zero-order chi connectivity index (χ0) is 35.9. The van der Waals surface area contributed by atoms with Crippen LogP contribution in [0.3, 0.4) is 0 Å². The summed E-state index contributed by atoms with van der Waals surface area (Å²) in [6.07, 6.45) is 2.45. The minimum atomic E-state index is -0.574. The third-order valence-corrected chi connectivity index (χ3v) is 6.82. The number of ether oxygens (including phenoxy) is 6. The molecule has 0 aliphatic carbocycles. The Morgan fingerprint density at radius 1 is 0.520 bits per heavy atom. The number of carbonyl (C=O) groups is 4. The molecular weight excluding hydrogens is 648 g/mol. The maximum atomic E-state index is 12.5. The molecule has 0 aliphatic rings. The highest BCUT2D eigenvalue weighted by Gasteiger charge is 2.15. The zero-order valence-corrected chi connectivity index (χ0v) is 27.6. The van der Waals surface area contributed by atoms with Crippen LogP contribution in [0.5, 0.6) is 34.5 Å². The van der Waals surface area contributed by atoms with Gasteiger partial charge in [0.1, 0.15) is 11.5 Å². The molecule has 14 heteroatoms. The summed E-state index contributed by atoms with van der Waals surface area (Å²) in [6.45, 7) is 0. The molecule has 258 valence electrons. The van der Waals surface area contributed by atoms with Gasteiger partial charge in [0.15, 0.2) is 23.0 Å². The minimum Gasteiger partial charge on any atom is -0.497 e. The quantitative estimate of drug-likeness (QED) is 0.0785. The number of carbonyl (C=O) groups excluding carboxylic acids is 4. The summed E-state index contributed by atoms with van der Waals surface area (Å²) in [5.74, 6) is 0.0318. The lowest BCUT2D eigenvalue weighted by Crippen LogP contribution is -2.22. The first kappa shape index (κ1) is 36.1. The average molecular weight is 683 g/mol. The highest BCUT2D eigenvalue weighted by molar-refractivity contribution is 5.93. The maximum Gasteiger partial charge on any atom is 0.343 e. The number of nitrogens with zero attached hydrogens (tertiary/aromatic N) is 2. The van der Waals surface area contributed by atoms with E-state index in [-0.39, 0.29) is 35.8 Å². The Morgan fingerprint density at radius 2 is 0.900 bits per heavy atom. The van der Waals surface area contributed by atoms with Crippen molar-refractivity contribution < 1.29 is 47.6 Å². The standard InChI is InChI=1S/C36H34N4O10/c1-45-27-11-7-25(8-12-27)35(43)49-29-15-5-23(19-31(29)47-3)21-37-39-33(41)17-18-34(42)40-38-22-24-6-16-30(32(20-24)48-4)50-36(44)26-9-13-28(46-2)14-10-26/h5-16,19-22H,17-18H2,1-4H3,(H,39,41)(H,40,42). The van der Waals surface area contributed by atoms with Gasteiger partial charge in [-0.15, -0.1) is 0 Å². The van der Waals surface area contributed by atoms with Crippen LogP contribution in [0, 0.1) is 0 Å². The van der Waals surface area contributed by atoms with Crippen molar-refractivity contribution in [1.82, 2.24) is 10.9 Å². The number of hydrazone groups is 2. The van der Waals surface area contributed by atoms with Crippen LogP contribution in [0.15, 0.2) is 95.1 Å². The van der Waals surface area contributed by atoms with E-state index in [9.17, 15) is 19.2 Å². The third-order valence-electron chi connectivity index (χ3n) is 6.82. The van der Waals surface area contributed by atoms with Gasteiger partial charge in [0.25, 0.3) is 0 Å². The van der Waals surface area contributed by atoms with Gasteiger partial charge in [-0.3, -0.25) is 9.59 Å². The SMILES string of the molecule is COc1ccc(C(=O)Oc2ccc(C=NNC(=O)CCC(=O)NN=Cc3ccc(OC(=O)c4ccc(OC)cc4)c(OC)c3)cc2OC)cc1. The molecule has 0 aromatic heterocycles. The first-order valence-corrected chi connectivity index (χ1v) is 14.9. The van der Waals surface area contributed by atoms with Gasteiger partial charge in [-0.2, -0.15) is 10.2 Å². The number of rotatable bonds is 15. The van der Waals surface area contributed by atoms with Crippen LogP contribution in [0.2, 0.25) is 0 Å². The van der Waals surface area contributed by atoms with Crippen molar-refractivity contribution in [3.05, 3.63) is 107 Å². The van der Waals surface area contributed by atoms with Gasteiger partial charge in [0.2, 0.25) is 11.8 Å². The zero-order valence-electron chi connectivity index (χ0n) is 27.6. The van der Waals surface area contributed by atoms with Crippen molar-refractivity contribution in [3.63, 3.8) is 0 Å². The average Bonchev–Trinajstić information content (AvgIpc) is 3.14. The Bertz CT molecular complexity index is 1740. The minimum absolute atomic E-state index is 0.148. The topological polar surface area (TPSA) is 172 Å². The molecule has 2 amide bonds. The summed E-state index contributed by atoms with van der Waals surface area (Å²) in [5.41, 5.74) is 6.48. The summed E-state index contributed by atoms with van der Waals surface area (Å²) < 4.78 is 31.8. The Morgan fingerprint density at radius 3 is 1.24 bits per heavy atom. The van der Waals surface area contributed by atoms with Gasteiger partial charge in [-0.1, -0.05) is 0 Å². The molecule has 0 radical (unpaired) electrons. The van der Waals surface area contributed by atoms with Gasteiger partial charge in [0, 0.05) is 12.8 Å². The monoisotopic (exact) mass is 682 g/mol. The summed E-state index contributed by atoms with van der Waals surface area (Å²) >= 11 is 0. The Hall–Kier alpha value is -6.70. The van der Waals surface area contributed by atoms with Gasteiger partial charge >= 0.3 is 11.9 Å². The number of hydrogen-bond donors (Lipinski definition) is 2. The Labute approximate surface area is 287 Å². The summed E-state index contributed by atoms with van der Waals surface area (Å²) in [6, 6.07) is 22.4. The van der Waals surface area contributed by atoms with Crippen LogP contribution in [-0.2, 0) is 9.59 Å². The molecule has 4 aromatic rings. The fourth-order valence-electron chi connectivity index (χ4n) is 4.17. The van der Waals surface area contributed by atoms with E-state index in [1.165, 1.54) is 53.0 Å². The van der Waals surface area contributed by atoms with Crippen LogP contribution in [-0.4, -0.2) is 64.6 Å². The predicted octanol–water partition coefficient (Wildman–Crippen LogP) is 4.54. The predicted molar refractivity (Wildman–Crippen MR) is 183 cm³/mol. The number of methoxy groups -OCH3 is 4. The molecule has 0 saturated heterocycles. The smallest absolute Gasteiger partial charge is 0.343 e. The Balaban J connectivity index is 1.21. The van der Waals surface area contributed by atoms with Gasteiger partial charge in [-0.05, 0) is 96.1 Å². The first-order valence-electron chi connectivity index (χ1n) is 14.9. The fourth-order valence-corrected chi connectivity index (χ4v) is 4.17. The molecule has 2 N–H and O–H groups in total. The van der Waals surface area contributed by atoms with Crippen molar-refractivity contribution in [2.24, 2.45) is 10.2 Å². The second-order valence-corrected chi connectivity index (χ2v) is 10.1. The lowest BCUT2D eigenvalue weighted by Gasteiger charge is -2.10. The van der Waals surface area contributed by atoms with Gasteiger partial charge in [-0.25, -0.2) is 20.4 Å². The van der Waals surface area contributed by atoms with Crippen molar-refractivity contribution in [2.75, 3.05) is 28.4 Å². The van der Waals surface area contributed by atoms with E-state index in [1.807, 2.05) is 0 Å². The number of amides is 2. The van der Waals surface area contributed by atoms with E-state index < -0.39 is 23.8 Å². The third kappa shape index (κ3) is 10.4. The second-order valence-electron chi connectivity index (χ2n) is 10.1. The number of benzene rings is 4. The van der Waals surface area contributed by atoms with Crippen molar-refractivity contribution >= 4 is 36.2 Å². The molecular formula is C36H34N4O10. The van der Waals surface area contributed by atoms with Crippen LogP contribution in [0.25, 0.3) is 0 Å². The van der Waals surface area contributed by atoms with Crippen molar-refractivity contribution in [1.29, 1.82) is 0 Å². The summed E-state index contributed by atoms with van der Waals surface area (Å²) in [4.78, 5) is 49.5. The second kappa shape index (κ2) is 18.0. The van der Waals surface area contributed by atoms with E-state index >= 15 is 0 Å². The molecule has 0 heterocycles. The molecule has 0 saturated carbocycles. The van der Waals surface area contributed by atoms with Crippen molar-refractivity contribution in [3.8, 4) is 34.5 Å². The van der Waals surface area contributed by atoms with E-state index in [2.05, 4.69) is 21.1 Å². The molecule has 0 atom stereocenters. The molecule has 0 fully saturated rings. The van der Waals surface area contributed by atoms with Gasteiger partial charge < -0.3 is 28.4 Å². The van der Waals surface area contributed by atoms with E-state index in [0.29, 0.717) is 33.8 Å². The fraction of sp³-hybridized carbons (Fsp3) is 0.167. The number of hydrogen-bond acceptors (Lipinski definition) is 12. The lowest BCUT2D eigenvalue weighted by molar-refractivity contribution is -0.126. The largest absolute Gasteiger partial charge is 0.497 e. The van der Waals surface area contributed by atoms with Gasteiger partial charge in [0.05, 0.1) is 52.0 Å². The molecule has 4 aromatic carbocycles. The molecule has 4 rings (SSSR count). The maximum absolute atomic E-state index is 12.5. The molecule has 0 bridgehead atoms. The normalized spacial score (nSPS) is 10.7. The molecule has 0 unspecified atom stereocenters. The van der Waals surface area contributed by atoms with Crippen molar-refractivity contribution in [2.45, 2.75) is 12.8 Å². The first-order chi connectivity index (χ1) is 24.2. The van der Waals surface area contributed by atoms with E-state index in [1.54, 1.807) is 72.8 Å². The van der Waals surface area contributed by atoms with Crippen LogP contribution in [0.1, 0.15) is 44.7 Å². The van der Waals surface area contributed by atoms with Crippen LogP contribution in [0.4, 0.5) is 0 Å². The van der Waals surface area contributed by atoms with Crippen LogP contribution >= 0.6 is 0 Å². The Kier molecular flexibility index (Phi) is 13.0. The molecule has 0 aliphatic heterocycles. The molecule has 0 spiro atoms. The highest BCUT2D eigenvalue weighted by Crippen LogP contribution is 2.30. The highest BCUT2D eigenvalue weighted by atomic mass is 16.6. The summed E-state index contributed by atoms with van der Waals surface area (Å²) in [7, 11) is 5.91. The van der Waals surface area contributed by atoms with Crippen LogP contribution < -0.4 is 39.3 Å². The summed E-state index contributed by atoms with van der Waals surface area (Å²) in [5, 5.41) is 7.81. The molecule has 14 nitrogen and oxygen atoms in total. The number of esters is 2. The lowest BCUT2D eigenvalue weighted by atomic mass is 10.2. The number of nitrogens with one attached hydrogen (secondary N) is 2. The van der Waals surface area contributed by atoms with E-state index in [0.717, 1.165) is 0 Å². The van der Waals surface area contributed by atoms with E-state index in [4.69, 9.17) is 28.4 Å².